The molecule has 2 aromatic carbocycles. The Kier molecular flexibility index (Phi) is 11.0. The molecule has 0 radical (unpaired) electrons. The van der Waals surface area contributed by atoms with Gasteiger partial charge in [-0.25, -0.2) is 4.79 Å². The van der Waals surface area contributed by atoms with Gasteiger partial charge < -0.3 is 69.3 Å². The highest BCUT2D eigenvalue weighted by molar-refractivity contribution is 5.87. The Morgan fingerprint density at radius 2 is 1.71 bits per heavy atom. The first-order chi connectivity index (χ1) is 21.3. The first kappa shape index (κ1) is 34.1. The predicted octanol–water partition coefficient (Wildman–Crippen LogP) is -0.767. The summed E-state index contributed by atoms with van der Waals surface area (Å²) in [7, 11) is 0. The van der Waals surface area contributed by atoms with Gasteiger partial charge in [0, 0.05) is 12.5 Å². The van der Waals surface area contributed by atoms with Crippen molar-refractivity contribution in [1.29, 1.82) is 0 Å². The van der Waals surface area contributed by atoms with Gasteiger partial charge in [0.2, 0.25) is 6.29 Å². The van der Waals surface area contributed by atoms with Gasteiger partial charge in [0.05, 0.1) is 13.2 Å². The number of Topliss-reactive ketones (excluding diaryl/α,β-unsaturated/α-hetero) is 1. The molecule has 2 saturated heterocycles. The van der Waals surface area contributed by atoms with Crippen LogP contribution in [0.2, 0.25) is 0 Å². The van der Waals surface area contributed by atoms with E-state index in [2.05, 4.69) is 0 Å². The fourth-order valence-electron chi connectivity index (χ4n) is 4.58. The highest BCUT2D eigenvalue weighted by atomic mass is 16.7. The van der Waals surface area contributed by atoms with Crippen molar-refractivity contribution in [3.8, 4) is 23.0 Å². The molecule has 8 atom stereocenters. The van der Waals surface area contributed by atoms with Gasteiger partial charge in [0.1, 0.15) is 42.9 Å². The fourth-order valence-corrected chi connectivity index (χ4v) is 4.58. The summed E-state index contributed by atoms with van der Waals surface area (Å²) in [6.07, 6.45) is -8.22. The van der Waals surface area contributed by atoms with E-state index < -0.39 is 74.5 Å². The Morgan fingerprint density at radius 3 is 2.40 bits per heavy atom. The van der Waals surface area contributed by atoms with Crippen LogP contribution in [-0.4, -0.2) is 121 Å². The highest BCUT2D eigenvalue weighted by Gasteiger charge is 2.51. The number of rotatable bonds is 12. The van der Waals surface area contributed by atoms with Gasteiger partial charge in [-0.15, -0.1) is 0 Å². The Labute approximate surface area is 257 Å². The van der Waals surface area contributed by atoms with Gasteiger partial charge in [-0.1, -0.05) is 12.1 Å². The van der Waals surface area contributed by atoms with Crippen LogP contribution in [0.4, 0.5) is 0 Å². The van der Waals surface area contributed by atoms with Gasteiger partial charge in [-0.3, -0.25) is 0 Å². The van der Waals surface area contributed by atoms with Gasteiger partial charge in [-0.05, 0) is 54.8 Å². The second-order valence-corrected chi connectivity index (χ2v) is 10.9. The number of aryl methyl sites for hydroxylation is 1. The number of aliphatic hydroxyl groups is 5. The van der Waals surface area contributed by atoms with E-state index in [0.717, 1.165) is 6.08 Å². The summed E-state index contributed by atoms with van der Waals surface area (Å²) in [6, 6.07) is 8.26. The maximum Gasteiger partial charge on any atom is 0.330 e. The zero-order valence-corrected chi connectivity index (χ0v) is 24.1. The molecule has 2 aromatic rings. The molecule has 0 bridgehead atoms. The van der Waals surface area contributed by atoms with Crippen LogP contribution >= 0.6 is 0 Å². The zero-order valence-electron chi connectivity index (χ0n) is 24.1. The summed E-state index contributed by atoms with van der Waals surface area (Å²) in [5.74, 6) is -2.03. The first-order valence-electron chi connectivity index (χ1n) is 14.0. The number of aliphatic hydroxyl groups excluding tert-OH is 4. The van der Waals surface area contributed by atoms with Gasteiger partial charge in [0.25, 0.3) is 0 Å². The number of phenolic OH excluding ortho intramolecular Hbond substituents is 3. The van der Waals surface area contributed by atoms with E-state index in [1.807, 2.05) is 0 Å². The Bertz CT molecular complexity index is 1380. The summed E-state index contributed by atoms with van der Waals surface area (Å²) in [5.41, 5.74) is -1.02. The number of hydrogen-bond acceptors (Lipinski definition) is 15. The second-order valence-electron chi connectivity index (χ2n) is 10.9. The number of carbonyl (C=O) groups is 2. The van der Waals surface area contributed by atoms with E-state index in [9.17, 15) is 50.4 Å². The smallest absolute Gasteiger partial charge is 0.330 e. The normalized spacial score (nSPS) is 30.0. The monoisotopic (exact) mass is 636 g/mol. The third-order valence-electron chi connectivity index (χ3n) is 7.31. The minimum atomic E-state index is -2.06. The molecule has 15 heteroatoms. The summed E-state index contributed by atoms with van der Waals surface area (Å²) in [5, 5.41) is 81.9. The average molecular weight is 637 g/mol. The van der Waals surface area contributed by atoms with Crippen LogP contribution in [0.5, 0.6) is 23.0 Å². The van der Waals surface area contributed by atoms with Crippen molar-refractivity contribution >= 4 is 17.8 Å². The Morgan fingerprint density at radius 1 is 0.956 bits per heavy atom. The van der Waals surface area contributed by atoms with Gasteiger partial charge in [-0.2, -0.15) is 0 Å². The number of benzene rings is 2. The van der Waals surface area contributed by atoms with E-state index in [1.165, 1.54) is 43.3 Å². The maximum absolute atomic E-state index is 12.1. The van der Waals surface area contributed by atoms with Crippen LogP contribution in [0.25, 0.3) is 6.08 Å². The topological polar surface area (TPSA) is 242 Å². The van der Waals surface area contributed by atoms with Crippen molar-refractivity contribution in [3.63, 3.8) is 0 Å². The van der Waals surface area contributed by atoms with Crippen molar-refractivity contribution in [2.45, 2.75) is 68.5 Å². The molecule has 0 aliphatic carbocycles. The van der Waals surface area contributed by atoms with Crippen molar-refractivity contribution in [2.75, 3.05) is 19.8 Å². The third kappa shape index (κ3) is 8.47. The van der Waals surface area contributed by atoms with E-state index >= 15 is 0 Å². The molecule has 8 N–H and O–H groups in total. The second kappa shape index (κ2) is 14.5. The first-order valence-corrected chi connectivity index (χ1v) is 14.0. The predicted molar refractivity (Wildman–Crippen MR) is 151 cm³/mol. The minimum Gasteiger partial charge on any atom is -0.504 e. The number of carbonyl (C=O) groups excluding carboxylic acids is 2. The number of phenols is 3. The molecule has 45 heavy (non-hydrogen) atoms. The van der Waals surface area contributed by atoms with E-state index in [0.29, 0.717) is 17.5 Å². The molecule has 0 unspecified atom stereocenters. The van der Waals surface area contributed by atoms with Crippen molar-refractivity contribution in [2.24, 2.45) is 0 Å². The van der Waals surface area contributed by atoms with Crippen LogP contribution < -0.4 is 4.74 Å². The molecule has 4 rings (SSSR count). The largest absolute Gasteiger partial charge is 0.504 e. The van der Waals surface area contributed by atoms with Crippen LogP contribution in [-0.2, 0) is 35.0 Å². The van der Waals surface area contributed by atoms with E-state index in [-0.39, 0.29) is 35.2 Å². The molecular weight excluding hydrogens is 600 g/mol. The van der Waals surface area contributed by atoms with Crippen LogP contribution in [0.15, 0.2) is 42.5 Å². The zero-order chi connectivity index (χ0) is 32.9. The van der Waals surface area contributed by atoms with E-state index in [1.54, 1.807) is 6.07 Å². The Hall–Kier alpha value is -3.80. The lowest BCUT2D eigenvalue weighted by atomic mass is 9.99. The molecule has 2 fully saturated rings. The molecule has 2 aliphatic heterocycles. The average Bonchev–Trinajstić information content (AvgIpc) is 3.29. The molecule has 246 valence electrons. The van der Waals surface area contributed by atoms with Crippen LogP contribution in [0.1, 0.15) is 24.5 Å². The number of aromatic hydroxyl groups is 3. The quantitative estimate of drug-likeness (QED) is 0.0811. The molecule has 0 saturated carbocycles. The fraction of sp³-hybridized carbons (Fsp3) is 0.467. The van der Waals surface area contributed by atoms with Gasteiger partial charge >= 0.3 is 5.97 Å². The molecular formula is C30H36O15. The number of hydrogen-bond donors (Lipinski definition) is 8. The van der Waals surface area contributed by atoms with Crippen molar-refractivity contribution in [1.82, 2.24) is 0 Å². The summed E-state index contributed by atoms with van der Waals surface area (Å²) in [6.45, 7) is -0.241. The van der Waals surface area contributed by atoms with E-state index in [4.69, 9.17) is 23.7 Å². The number of esters is 1. The van der Waals surface area contributed by atoms with Crippen LogP contribution in [0.3, 0.4) is 0 Å². The molecule has 0 spiro atoms. The summed E-state index contributed by atoms with van der Waals surface area (Å²) >= 11 is 0. The summed E-state index contributed by atoms with van der Waals surface area (Å²) in [4.78, 5) is 23.3. The Balaban J connectivity index is 1.30. The SMILES string of the molecule is CC(=O)CCc1ccc(O[C@@H]2O[C@H](CO[C@@H]3OC[C@](O)(COC(=O)C=Cc4ccc(O)c(O)c4)[C@H]3O)[C@@H](O)[C@H](O)[C@H]2O)c(O)c1. The molecule has 2 heterocycles. The molecule has 0 amide bonds. The molecule has 15 nitrogen and oxygen atoms in total. The minimum absolute atomic E-state index is 0.0169. The lowest BCUT2D eigenvalue weighted by molar-refractivity contribution is -0.289. The van der Waals surface area contributed by atoms with Crippen LogP contribution in [0, 0.1) is 0 Å². The molecule has 2 aliphatic rings. The van der Waals surface area contributed by atoms with Crippen molar-refractivity contribution in [3.05, 3.63) is 53.6 Å². The standard InChI is InChI=1S/C30H36O15/c1-15(31)2-3-16-5-8-21(20(34)11-16)44-28-26(38)25(37)24(36)22(45-28)12-41-29-27(39)30(40,14-43-29)13-42-23(35)9-6-17-4-7-18(32)19(33)10-17/h4-11,22,24-29,32-34,36-40H,2-3,12-14H2,1H3/t22-,24-,25+,26-,27+,28-,29-,30-/m1/s1. The lowest BCUT2D eigenvalue weighted by Crippen LogP contribution is -2.60. The lowest BCUT2D eigenvalue weighted by Gasteiger charge is -2.40. The maximum atomic E-state index is 12.1. The summed E-state index contributed by atoms with van der Waals surface area (Å²) < 4.78 is 26.9. The van der Waals surface area contributed by atoms with Crippen molar-refractivity contribution < 1.29 is 74.1 Å². The number of ketones is 1. The third-order valence-corrected chi connectivity index (χ3v) is 7.31. The molecule has 0 aromatic heterocycles. The highest BCUT2D eigenvalue weighted by Crippen LogP contribution is 2.33. The van der Waals surface area contributed by atoms with Gasteiger partial charge in [0.15, 0.2) is 34.9 Å². The number of ether oxygens (including phenoxy) is 5.